The number of nitrogens with one attached hydrogen (secondary N) is 2. The molecule has 0 spiro atoms. The molecule has 0 bridgehead atoms. The Balaban J connectivity index is 1.57. The molecule has 1 aromatic carbocycles. The van der Waals surface area contributed by atoms with Gasteiger partial charge in [-0.15, -0.1) is 0 Å². The van der Waals surface area contributed by atoms with E-state index in [4.69, 9.17) is 23.2 Å². The number of rotatable bonds is 7. The van der Waals surface area contributed by atoms with E-state index in [1.807, 2.05) is 12.1 Å². The zero-order valence-corrected chi connectivity index (χ0v) is 14.3. The maximum Gasteiger partial charge on any atom is 0.221 e. The molecule has 0 saturated heterocycles. The molecule has 0 aromatic heterocycles. The number of halogens is 2. The molecule has 0 aliphatic heterocycles. The standard InChI is InChI=1S/C17H24Cl2N2O/c18-14-7-6-13(16(19)12-14)8-10-20-11-9-17(22)21-15-4-2-1-3-5-15/h6-7,12,15,20H,1-5,8-11H2,(H,21,22). The molecular formula is C17H24Cl2N2O. The van der Waals surface area contributed by atoms with Gasteiger partial charge in [0.2, 0.25) is 5.91 Å². The number of hydrogen-bond donors (Lipinski definition) is 2. The van der Waals surface area contributed by atoms with Crippen molar-refractivity contribution in [1.82, 2.24) is 10.6 Å². The molecule has 0 unspecified atom stereocenters. The predicted octanol–water partition coefficient (Wildman–Crippen LogP) is 3.96. The molecule has 1 aliphatic carbocycles. The van der Waals surface area contributed by atoms with Gasteiger partial charge in [-0.05, 0) is 43.5 Å². The summed E-state index contributed by atoms with van der Waals surface area (Å²) >= 11 is 12.0. The first kappa shape index (κ1) is 17.6. The van der Waals surface area contributed by atoms with Gasteiger partial charge in [-0.1, -0.05) is 48.5 Å². The lowest BCUT2D eigenvalue weighted by Gasteiger charge is -2.22. The predicted molar refractivity (Wildman–Crippen MR) is 92.7 cm³/mol. The minimum Gasteiger partial charge on any atom is -0.353 e. The van der Waals surface area contributed by atoms with Gasteiger partial charge in [-0.3, -0.25) is 4.79 Å². The van der Waals surface area contributed by atoms with Crippen LogP contribution in [0.3, 0.4) is 0 Å². The summed E-state index contributed by atoms with van der Waals surface area (Å²) < 4.78 is 0. The lowest BCUT2D eigenvalue weighted by atomic mass is 9.95. The number of hydrogen-bond acceptors (Lipinski definition) is 2. The summed E-state index contributed by atoms with van der Waals surface area (Å²) in [4.78, 5) is 11.8. The lowest BCUT2D eigenvalue weighted by Crippen LogP contribution is -2.37. The number of carbonyl (C=O) groups is 1. The Morgan fingerprint density at radius 2 is 1.91 bits per heavy atom. The molecule has 0 atom stereocenters. The summed E-state index contributed by atoms with van der Waals surface area (Å²) in [6.45, 7) is 1.50. The van der Waals surface area contributed by atoms with Crippen LogP contribution in [0.2, 0.25) is 10.0 Å². The van der Waals surface area contributed by atoms with E-state index in [2.05, 4.69) is 10.6 Å². The van der Waals surface area contributed by atoms with Crippen molar-refractivity contribution in [3.63, 3.8) is 0 Å². The third-order valence-electron chi connectivity index (χ3n) is 4.09. The minimum atomic E-state index is 0.156. The highest BCUT2D eigenvalue weighted by atomic mass is 35.5. The molecule has 2 N–H and O–H groups in total. The average molecular weight is 343 g/mol. The van der Waals surface area contributed by atoms with Gasteiger partial charge in [0.1, 0.15) is 0 Å². The largest absolute Gasteiger partial charge is 0.353 e. The molecule has 1 amide bonds. The zero-order chi connectivity index (χ0) is 15.8. The van der Waals surface area contributed by atoms with E-state index in [0.29, 0.717) is 29.1 Å². The molecule has 0 radical (unpaired) electrons. The SMILES string of the molecule is O=C(CCNCCc1ccc(Cl)cc1Cl)NC1CCCCC1. The zero-order valence-electron chi connectivity index (χ0n) is 12.8. The smallest absolute Gasteiger partial charge is 0.221 e. The van der Waals surface area contributed by atoms with Gasteiger partial charge in [0.25, 0.3) is 0 Å². The van der Waals surface area contributed by atoms with Crippen molar-refractivity contribution in [3.8, 4) is 0 Å². The van der Waals surface area contributed by atoms with Gasteiger partial charge >= 0.3 is 0 Å². The van der Waals surface area contributed by atoms with Crippen LogP contribution >= 0.6 is 23.2 Å². The summed E-state index contributed by atoms with van der Waals surface area (Å²) in [6, 6.07) is 5.95. The van der Waals surface area contributed by atoms with E-state index < -0.39 is 0 Å². The molecule has 122 valence electrons. The van der Waals surface area contributed by atoms with Crippen molar-refractivity contribution in [1.29, 1.82) is 0 Å². The Bertz CT molecular complexity index is 488. The summed E-state index contributed by atoms with van der Waals surface area (Å²) in [6.07, 6.45) is 7.42. The molecule has 1 aliphatic rings. The second kappa shape index (κ2) is 9.39. The molecule has 0 heterocycles. The van der Waals surface area contributed by atoms with Gasteiger partial charge in [0.05, 0.1) is 0 Å². The monoisotopic (exact) mass is 342 g/mol. The van der Waals surface area contributed by atoms with E-state index in [9.17, 15) is 4.79 Å². The molecule has 1 aromatic rings. The van der Waals surface area contributed by atoms with Crippen molar-refractivity contribution < 1.29 is 4.79 Å². The fraction of sp³-hybridized carbons (Fsp3) is 0.588. The molecule has 22 heavy (non-hydrogen) atoms. The molecule has 3 nitrogen and oxygen atoms in total. The second-order valence-electron chi connectivity index (χ2n) is 5.89. The van der Waals surface area contributed by atoms with Crippen LogP contribution in [0, 0.1) is 0 Å². The van der Waals surface area contributed by atoms with Crippen LogP contribution in [0.1, 0.15) is 44.1 Å². The number of amides is 1. The van der Waals surface area contributed by atoms with Crippen LogP contribution in [-0.2, 0) is 11.2 Å². The van der Waals surface area contributed by atoms with Crippen LogP contribution in [0.5, 0.6) is 0 Å². The highest BCUT2D eigenvalue weighted by Crippen LogP contribution is 2.21. The van der Waals surface area contributed by atoms with E-state index in [1.54, 1.807) is 6.07 Å². The van der Waals surface area contributed by atoms with Crippen LogP contribution in [-0.4, -0.2) is 25.0 Å². The van der Waals surface area contributed by atoms with Gasteiger partial charge in [-0.2, -0.15) is 0 Å². The summed E-state index contributed by atoms with van der Waals surface area (Å²) in [5.41, 5.74) is 1.07. The first-order valence-electron chi connectivity index (χ1n) is 8.09. The quantitative estimate of drug-likeness (QED) is 0.736. The first-order valence-corrected chi connectivity index (χ1v) is 8.85. The van der Waals surface area contributed by atoms with Crippen molar-refractivity contribution in [3.05, 3.63) is 33.8 Å². The number of benzene rings is 1. The highest BCUT2D eigenvalue weighted by Gasteiger charge is 2.15. The third-order valence-corrected chi connectivity index (χ3v) is 4.67. The van der Waals surface area contributed by atoms with Crippen LogP contribution < -0.4 is 10.6 Å². The van der Waals surface area contributed by atoms with Gasteiger partial charge in [0, 0.05) is 29.1 Å². The van der Waals surface area contributed by atoms with Gasteiger partial charge in [0.15, 0.2) is 0 Å². The summed E-state index contributed by atoms with van der Waals surface area (Å²) in [5.74, 6) is 0.156. The molecule has 2 rings (SSSR count). The highest BCUT2D eigenvalue weighted by molar-refractivity contribution is 6.35. The minimum absolute atomic E-state index is 0.156. The maximum absolute atomic E-state index is 11.8. The molecule has 1 saturated carbocycles. The van der Waals surface area contributed by atoms with E-state index >= 15 is 0 Å². The first-order chi connectivity index (χ1) is 10.6. The topological polar surface area (TPSA) is 41.1 Å². The van der Waals surface area contributed by atoms with Crippen molar-refractivity contribution in [2.75, 3.05) is 13.1 Å². The van der Waals surface area contributed by atoms with Gasteiger partial charge in [-0.25, -0.2) is 0 Å². The van der Waals surface area contributed by atoms with E-state index in [-0.39, 0.29) is 5.91 Å². The van der Waals surface area contributed by atoms with Crippen LogP contribution in [0.25, 0.3) is 0 Å². The van der Waals surface area contributed by atoms with Crippen LogP contribution in [0.15, 0.2) is 18.2 Å². The van der Waals surface area contributed by atoms with Crippen molar-refractivity contribution in [2.24, 2.45) is 0 Å². The van der Waals surface area contributed by atoms with E-state index in [1.165, 1.54) is 19.3 Å². The summed E-state index contributed by atoms with van der Waals surface area (Å²) in [7, 11) is 0. The Morgan fingerprint density at radius 1 is 1.14 bits per heavy atom. The van der Waals surface area contributed by atoms with Crippen molar-refractivity contribution >= 4 is 29.1 Å². The fourth-order valence-electron chi connectivity index (χ4n) is 2.82. The lowest BCUT2D eigenvalue weighted by molar-refractivity contribution is -0.121. The maximum atomic E-state index is 11.8. The van der Waals surface area contributed by atoms with E-state index in [0.717, 1.165) is 31.4 Å². The Hall–Kier alpha value is -0.770. The number of carbonyl (C=O) groups excluding carboxylic acids is 1. The Morgan fingerprint density at radius 3 is 2.64 bits per heavy atom. The molecular weight excluding hydrogens is 319 g/mol. The normalized spacial score (nSPS) is 15.7. The van der Waals surface area contributed by atoms with Crippen LogP contribution in [0.4, 0.5) is 0 Å². The Labute approximate surface area is 142 Å². The second-order valence-corrected chi connectivity index (χ2v) is 6.73. The fourth-order valence-corrected chi connectivity index (χ4v) is 3.32. The molecule has 1 fully saturated rings. The summed E-state index contributed by atoms with van der Waals surface area (Å²) in [5, 5.41) is 7.77. The van der Waals surface area contributed by atoms with Gasteiger partial charge < -0.3 is 10.6 Å². The third kappa shape index (κ3) is 6.15. The molecule has 5 heteroatoms. The Kier molecular flexibility index (Phi) is 7.50. The average Bonchev–Trinajstić information content (AvgIpc) is 2.50. The van der Waals surface area contributed by atoms with Crippen molar-refractivity contribution in [2.45, 2.75) is 51.0 Å².